The van der Waals surface area contributed by atoms with Crippen molar-refractivity contribution in [2.75, 3.05) is 10.0 Å². The Balaban J connectivity index is 2.28. The van der Waals surface area contributed by atoms with Crippen molar-refractivity contribution in [1.29, 1.82) is 0 Å². The zero-order valence-corrected chi connectivity index (χ0v) is 12.1. The van der Waals surface area contributed by atoms with Gasteiger partial charge in [-0.15, -0.1) is 10.2 Å². The molecule has 0 aliphatic carbocycles. The smallest absolute Gasteiger partial charge is 0.291 e. The number of aromatic nitrogens is 2. The number of hydrogen-bond donors (Lipinski definition) is 3. The topological polar surface area (TPSA) is 121 Å². The number of carbonyl (C=O) groups is 1. The Morgan fingerprint density at radius 1 is 1.38 bits per heavy atom. The highest BCUT2D eigenvalue weighted by molar-refractivity contribution is 7.94. The number of hydrogen-bond acceptors (Lipinski definition) is 7. The van der Waals surface area contributed by atoms with Crippen molar-refractivity contribution in [3.05, 3.63) is 24.0 Å². The van der Waals surface area contributed by atoms with E-state index in [9.17, 15) is 22.7 Å². The van der Waals surface area contributed by atoms with Gasteiger partial charge in [0.2, 0.25) is 11.0 Å². The number of phenolic OH excluding ortho intramolecular Hbond substituents is 1. The van der Waals surface area contributed by atoms with Crippen molar-refractivity contribution in [2.24, 2.45) is 0 Å². The van der Waals surface area contributed by atoms with Crippen LogP contribution in [-0.2, 0) is 14.8 Å². The van der Waals surface area contributed by atoms with E-state index in [1.54, 1.807) is 0 Å². The van der Waals surface area contributed by atoms with Crippen LogP contribution in [0, 0.1) is 5.82 Å². The van der Waals surface area contributed by atoms with Crippen LogP contribution in [0.3, 0.4) is 0 Å². The van der Waals surface area contributed by atoms with Gasteiger partial charge in [0.1, 0.15) is 11.6 Å². The molecule has 0 radical (unpaired) electrons. The number of nitrogens with one attached hydrogen (secondary N) is 2. The number of benzene rings is 1. The van der Waals surface area contributed by atoms with Gasteiger partial charge < -0.3 is 10.4 Å². The van der Waals surface area contributed by atoms with Crippen LogP contribution in [-0.4, -0.2) is 29.6 Å². The molecular formula is C10H9FN4O4S2. The fraction of sp³-hybridized carbons (Fsp3) is 0.100. The number of nitrogens with zero attached hydrogens (tertiary/aromatic N) is 2. The van der Waals surface area contributed by atoms with Gasteiger partial charge in [-0.25, -0.2) is 4.39 Å². The highest BCUT2D eigenvalue weighted by Crippen LogP contribution is 2.28. The van der Waals surface area contributed by atoms with E-state index >= 15 is 0 Å². The van der Waals surface area contributed by atoms with Gasteiger partial charge in [0.15, 0.2) is 0 Å². The lowest BCUT2D eigenvalue weighted by Crippen LogP contribution is -2.13. The molecule has 3 N–H and O–H groups in total. The zero-order valence-electron chi connectivity index (χ0n) is 10.5. The van der Waals surface area contributed by atoms with Gasteiger partial charge in [-0.2, -0.15) is 8.42 Å². The summed E-state index contributed by atoms with van der Waals surface area (Å²) in [6, 6.07) is 2.81. The van der Waals surface area contributed by atoms with Gasteiger partial charge in [-0.3, -0.25) is 9.52 Å². The quantitative estimate of drug-likeness (QED) is 0.570. The summed E-state index contributed by atoms with van der Waals surface area (Å²) in [6.45, 7) is 1.23. The van der Waals surface area contributed by atoms with E-state index in [1.165, 1.54) is 6.92 Å². The lowest BCUT2D eigenvalue weighted by molar-refractivity contribution is -0.114. The first kappa shape index (κ1) is 15.1. The minimum atomic E-state index is -4.15. The first-order chi connectivity index (χ1) is 9.78. The highest BCUT2D eigenvalue weighted by Gasteiger charge is 2.22. The molecular weight excluding hydrogens is 323 g/mol. The average molecular weight is 332 g/mol. The van der Waals surface area contributed by atoms with Crippen LogP contribution < -0.4 is 10.0 Å². The number of aromatic hydroxyl groups is 1. The van der Waals surface area contributed by atoms with Gasteiger partial charge in [-0.05, 0) is 12.1 Å². The Kier molecular flexibility index (Phi) is 4.04. The molecule has 0 atom stereocenters. The predicted octanol–water partition coefficient (Wildman–Crippen LogP) is 1.14. The van der Waals surface area contributed by atoms with Crippen LogP contribution in [0.1, 0.15) is 6.92 Å². The fourth-order valence-electron chi connectivity index (χ4n) is 1.30. The lowest BCUT2D eigenvalue weighted by atomic mass is 10.3. The molecule has 2 aromatic rings. The molecule has 1 aromatic carbocycles. The maximum Gasteiger partial charge on any atom is 0.291 e. The third-order valence-corrected chi connectivity index (χ3v) is 4.69. The van der Waals surface area contributed by atoms with Crippen LogP contribution in [0.4, 0.5) is 15.2 Å². The van der Waals surface area contributed by atoms with E-state index in [0.717, 1.165) is 18.2 Å². The molecule has 21 heavy (non-hydrogen) atoms. The van der Waals surface area contributed by atoms with Crippen molar-refractivity contribution in [1.82, 2.24) is 10.2 Å². The second kappa shape index (κ2) is 5.61. The van der Waals surface area contributed by atoms with E-state index in [0.29, 0.717) is 11.3 Å². The Morgan fingerprint density at radius 3 is 2.76 bits per heavy atom. The van der Waals surface area contributed by atoms with Crippen molar-refractivity contribution >= 4 is 38.1 Å². The van der Waals surface area contributed by atoms with E-state index in [4.69, 9.17) is 0 Å². The molecule has 0 aliphatic rings. The SMILES string of the molecule is CC(=O)Nc1nnc(S(=O)(=O)Nc2cc(F)ccc2O)s1. The van der Waals surface area contributed by atoms with E-state index in [-0.39, 0.29) is 10.8 Å². The number of carbonyl (C=O) groups excluding carboxylic acids is 1. The predicted molar refractivity (Wildman–Crippen MR) is 73.1 cm³/mol. The van der Waals surface area contributed by atoms with Gasteiger partial charge >= 0.3 is 0 Å². The largest absolute Gasteiger partial charge is 0.506 e. The minimum Gasteiger partial charge on any atom is -0.506 e. The van der Waals surface area contributed by atoms with Gasteiger partial charge in [0.25, 0.3) is 14.4 Å². The standard InChI is InChI=1S/C10H9FN4O4S2/c1-5(16)12-9-13-14-10(20-9)21(18,19)15-7-4-6(11)2-3-8(7)17/h2-4,15,17H,1H3,(H,12,13,16). The molecule has 2 rings (SSSR count). The normalized spacial score (nSPS) is 11.1. The molecule has 0 spiro atoms. The summed E-state index contributed by atoms with van der Waals surface area (Å²) < 4.78 is 38.6. The molecule has 112 valence electrons. The Hall–Kier alpha value is -2.27. The summed E-state index contributed by atoms with van der Waals surface area (Å²) in [5.74, 6) is -1.58. The molecule has 0 aliphatic heterocycles. The van der Waals surface area contributed by atoms with Crippen LogP contribution >= 0.6 is 11.3 Å². The molecule has 0 saturated carbocycles. The maximum atomic E-state index is 13.1. The highest BCUT2D eigenvalue weighted by atomic mass is 32.2. The van der Waals surface area contributed by atoms with Crippen molar-refractivity contribution in [3.8, 4) is 5.75 Å². The minimum absolute atomic E-state index is 0.00587. The van der Waals surface area contributed by atoms with Crippen molar-refractivity contribution in [2.45, 2.75) is 11.3 Å². The number of amides is 1. The second-order valence-electron chi connectivity index (χ2n) is 3.82. The fourth-order valence-corrected chi connectivity index (χ4v) is 3.31. The number of halogens is 1. The summed E-state index contributed by atoms with van der Waals surface area (Å²) in [6.07, 6.45) is 0. The summed E-state index contributed by atoms with van der Waals surface area (Å²) >= 11 is 0.617. The summed E-state index contributed by atoms with van der Waals surface area (Å²) in [5.41, 5.74) is -0.328. The van der Waals surface area contributed by atoms with Crippen LogP contribution in [0.2, 0.25) is 0 Å². The molecule has 8 nitrogen and oxygen atoms in total. The van der Waals surface area contributed by atoms with Crippen LogP contribution in [0.15, 0.2) is 22.5 Å². The summed E-state index contributed by atoms with van der Waals surface area (Å²) in [5, 5.41) is 18.7. The number of sulfonamides is 1. The molecule has 0 fully saturated rings. The van der Waals surface area contributed by atoms with Crippen LogP contribution in [0.25, 0.3) is 0 Å². The average Bonchev–Trinajstić information content (AvgIpc) is 2.82. The molecule has 1 amide bonds. The lowest BCUT2D eigenvalue weighted by Gasteiger charge is -2.06. The Labute approximate surface area is 122 Å². The summed E-state index contributed by atoms with van der Waals surface area (Å²) in [7, 11) is -4.15. The Bertz CT molecular complexity index is 790. The molecule has 0 unspecified atom stereocenters. The van der Waals surface area contributed by atoms with E-state index in [1.807, 2.05) is 4.72 Å². The molecule has 0 bridgehead atoms. The van der Waals surface area contributed by atoms with Gasteiger partial charge in [0.05, 0.1) is 5.69 Å². The molecule has 1 aromatic heterocycles. The van der Waals surface area contributed by atoms with Gasteiger partial charge in [-0.1, -0.05) is 11.3 Å². The van der Waals surface area contributed by atoms with Crippen molar-refractivity contribution < 1.29 is 22.7 Å². The number of anilines is 2. The first-order valence-electron chi connectivity index (χ1n) is 5.40. The van der Waals surface area contributed by atoms with E-state index in [2.05, 4.69) is 15.5 Å². The second-order valence-corrected chi connectivity index (χ2v) is 6.65. The molecule has 11 heteroatoms. The first-order valence-corrected chi connectivity index (χ1v) is 7.70. The molecule has 1 heterocycles. The van der Waals surface area contributed by atoms with Crippen LogP contribution in [0.5, 0.6) is 5.75 Å². The monoisotopic (exact) mass is 332 g/mol. The summed E-state index contributed by atoms with van der Waals surface area (Å²) in [4.78, 5) is 10.8. The Morgan fingerprint density at radius 2 is 2.10 bits per heavy atom. The third-order valence-electron chi connectivity index (χ3n) is 2.12. The number of phenols is 1. The third kappa shape index (κ3) is 3.64. The van der Waals surface area contributed by atoms with Crippen molar-refractivity contribution in [3.63, 3.8) is 0 Å². The zero-order chi connectivity index (χ0) is 15.6. The molecule has 0 saturated heterocycles. The van der Waals surface area contributed by atoms with E-state index < -0.39 is 31.8 Å². The maximum absolute atomic E-state index is 13.1. The van der Waals surface area contributed by atoms with Gasteiger partial charge in [0, 0.05) is 13.0 Å². The number of rotatable bonds is 4.